The van der Waals surface area contributed by atoms with Crippen molar-refractivity contribution < 1.29 is 13.2 Å². The maximum atomic E-state index is 11.6. The average molecular weight is 254 g/mol. The fourth-order valence-electron chi connectivity index (χ4n) is 0.347. The summed E-state index contributed by atoms with van der Waals surface area (Å²) in [6.07, 6.45) is 0. The molecule has 0 saturated heterocycles. The van der Waals surface area contributed by atoms with Gasteiger partial charge in [0.1, 0.15) is 0 Å². The standard InChI is InChI=1S/C5H9F3Te/c1-4(2,3)9-5(6,7)8/h1-3H3. The van der Waals surface area contributed by atoms with Gasteiger partial charge in [-0.15, -0.1) is 0 Å². The average Bonchev–Trinajstić information content (AvgIpc) is 1.14. The molecule has 56 valence electrons. The van der Waals surface area contributed by atoms with E-state index in [0.29, 0.717) is 0 Å². The molecule has 0 aliphatic rings. The minimum atomic E-state index is -3.89. The van der Waals surface area contributed by atoms with Crippen molar-refractivity contribution in [2.24, 2.45) is 0 Å². The van der Waals surface area contributed by atoms with Crippen LogP contribution in [0.1, 0.15) is 20.8 Å². The first-order valence-corrected chi connectivity index (χ1v) is 4.81. The molecule has 0 aromatic carbocycles. The zero-order chi connectivity index (χ0) is 7.71. The molecule has 0 saturated carbocycles. The van der Waals surface area contributed by atoms with Crippen LogP contribution >= 0.6 is 0 Å². The van der Waals surface area contributed by atoms with Crippen molar-refractivity contribution in [2.45, 2.75) is 28.5 Å². The van der Waals surface area contributed by atoms with Crippen LogP contribution < -0.4 is 0 Å². The Hall–Kier alpha value is 0.580. The van der Waals surface area contributed by atoms with Gasteiger partial charge in [0.15, 0.2) is 0 Å². The van der Waals surface area contributed by atoms with Crippen molar-refractivity contribution in [3.05, 3.63) is 0 Å². The topological polar surface area (TPSA) is 0 Å². The molecule has 9 heavy (non-hydrogen) atoms. The van der Waals surface area contributed by atoms with E-state index in [2.05, 4.69) is 0 Å². The molecule has 0 aliphatic heterocycles. The molecule has 0 aliphatic carbocycles. The monoisotopic (exact) mass is 256 g/mol. The van der Waals surface area contributed by atoms with Gasteiger partial charge in [0.25, 0.3) is 0 Å². The van der Waals surface area contributed by atoms with E-state index < -0.39 is 28.6 Å². The van der Waals surface area contributed by atoms with Gasteiger partial charge >= 0.3 is 62.6 Å². The van der Waals surface area contributed by atoms with E-state index in [1.54, 1.807) is 20.8 Å². The second-order valence-corrected chi connectivity index (χ2v) is 8.06. The van der Waals surface area contributed by atoms with Crippen LogP contribution in [0.3, 0.4) is 0 Å². The molecule has 0 aromatic rings. The van der Waals surface area contributed by atoms with Gasteiger partial charge in [-0.3, -0.25) is 0 Å². The Morgan fingerprint density at radius 2 is 1.33 bits per heavy atom. The summed E-state index contributed by atoms with van der Waals surface area (Å²) >= 11 is -1.83. The first-order valence-electron chi connectivity index (χ1n) is 2.48. The Kier molecular flexibility index (Phi) is 2.85. The van der Waals surface area contributed by atoms with E-state index in [-0.39, 0.29) is 0 Å². The Balaban J connectivity index is 3.75. The zero-order valence-electron chi connectivity index (χ0n) is 5.54. The van der Waals surface area contributed by atoms with Crippen molar-refractivity contribution in [1.29, 1.82) is 0 Å². The summed E-state index contributed by atoms with van der Waals surface area (Å²) in [5, 5.41) is 0. The van der Waals surface area contributed by atoms with E-state index in [0.717, 1.165) is 0 Å². The third-order valence-corrected chi connectivity index (χ3v) is 2.83. The van der Waals surface area contributed by atoms with Crippen molar-refractivity contribution >= 4 is 20.9 Å². The molecular formula is C5H9F3Te. The van der Waals surface area contributed by atoms with Crippen LogP contribution in [0.2, 0.25) is 3.46 Å². The van der Waals surface area contributed by atoms with Crippen LogP contribution in [0.5, 0.6) is 0 Å². The fourth-order valence-corrected chi connectivity index (χ4v) is 2.33. The number of hydrogen-bond donors (Lipinski definition) is 0. The van der Waals surface area contributed by atoms with Gasteiger partial charge in [0.2, 0.25) is 0 Å². The first-order chi connectivity index (χ1) is 3.71. The van der Waals surface area contributed by atoms with E-state index in [4.69, 9.17) is 0 Å². The molecule has 0 N–H and O–H groups in total. The van der Waals surface area contributed by atoms with Gasteiger partial charge < -0.3 is 0 Å². The summed E-state index contributed by atoms with van der Waals surface area (Å²) < 4.78 is 30.4. The summed E-state index contributed by atoms with van der Waals surface area (Å²) in [7, 11) is 0. The summed E-state index contributed by atoms with van der Waals surface area (Å²) in [6, 6.07) is 0. The van der Waals surface area contributed by atoms with E-state index in [1.165, 1.54) is 0 Å². The summed E-state index contributed by atoms with van der Waals surface area (Å²) in [4.78, 5) is 0. The van der Waals surface area contributed by atoms with Crippen LogP contribution in [0.15, 0.2) is 0 Å². The molecular weight excluding hydrogens is 245 g/mol. The van der Waals surface area contributed by atoms with E-state index >= 15 is 0 Å². The number of hydrogen-bond acceptors (Lipinski definition) is 0. The predicted molar refractivity (Wildman–Crippen MR) is 31.5 cm³/mol. The molecule has 4 heteroatoms. The van der Waals surface area contributed by atoms with Crippen molar-refractivity contribution in [3.8, 4) is 0 Å². The van der Waals surface area contributed by atoms with Gasteiger partial charge in [-0.2, -0.15) is 0 Å². The number of alkyl halides is 3. The molecule has 0 bridgehead atoms. The van der Waals surface area contributed by atoms with Gasteiger partial charge in [0, 0.05) is 0 Å². The molecule has 0 rings (SSSR count). The molecule has 0 unspecified atom stereocenters. The second kappa shape index (κ2) is 2.67. The fraction of sp³-hybridized carbons (Fsp3) is 1.00. The van der Waals surface area contributed by atoms with Crippen molar-refractivity contribution in [3.63, 3.8) is 0 Å². The second-order valence-electron chi connectivity index (χ2n) is 2.66. The van der Waals surface area contributed by atoms with Crippen LogP contribution in [0, 0.1) is 0 Å². The third kappa shape index (κ3) is 8.58. The van der Waals surface area contributed by atoms with Crippen LogP contribution in [-0.2, 0) is 0 Å². The van der Waals surface area contributed by atoms with Crippen LogP contribution in [0.25, 0.3) is 0 Å². The van der Waals surface area contributed by atoms with E-state index in [1.807, 2.05) is 0 Å². The predicted octanol–water partition coefficient (Wildman–Crippen LogP) is 2.43. The summed E-state index contributed by atoms with van der Waals surface area (Å²) in [5.74, 6) is 0. The Morgan fingerprint density at radius 1 is 1.00 bits per heavy atom. The van der Waals surface area contributed by atoms with E-state index in [9.17, 15) is 13.2 Å². The molecule has 0 radical (unpaired) electrons. The van der Waals surface area contributed by atoms with Gasteiger partial charge in [-0.05, 0) is 0 Å². The molecule has 0 heterocycles. The molecule has 0 spiro atoms. The summed E-state index contributed by atoms with van der Waals surface area (Å²) in [5.41, 5.74) is 0. The minimum absolute atomic E-state index is 0.511. The first kappa shape index (κ1) is 9.58. The Bertz CT molecular complexity index is 77.4. The Labute approximate surface area is 62.9 Å². The van der Waals surface area contributed by atoms with Crippen molar-refractivity contribution in [2.75, 3.05) is 0 Å². The third-order valence-electron chi connectivity index (χ3n) is 0.422. The van der Waals surface area contributed by atoms with Crippen LogP contribution in [-0.4, -0.2) is 25.1 Å². The van der Waals surface area contributed by atoms with Crippen molar-refractivity contribution in [1.82, 2.24) is 0 Å². The van der Waals surface area contributed by atoms with Gasteiger partial charge in [-0.1, -0.05) is 0 Å². The summed E-state index contributed by atoms with van der Waals surface area (Å²) in [6.45, 7) is 4.88. The van der Waals surface area contributed by atoms with Gasteiger partial charge in [0.05, 0.1) is 0 Å². The normalized spacial score (nSPS) is 14.0. The molecule has 0 nitrogen and oxygen atoms in total. The maximum absolute atomic E-state index is 11.6. The number of halogens is 3. The molecule has 0 amide bonds. The molecule has 0 fully saturated rings. The van der Waals surface area contributed by atoms with Crippen LogP contribution in [0.4, 0.5) is 13.2 Å². The van der Waals surface area contributed by atoms with Gasteiger partial charge in [-0.25, -0.2) is 0 Å². The zero-order valence-corrected chi connectivity index (χ0v) is 7.87. The quantitative estimate of drug-likeness (QED) is 0.582. The molecule has 0 atom stereocenters. The SMILES string of the molecule is CC(C)(C)[Te]C(F)(F)F. The Morgan fingerprint density at radius 3 is 1.33 bits per heavy atom. The molecule has 0 aromatic heterocycles. The number of rotatable bonds is 0.